The number of nitrogens with one attached hydrogen (secondary N) is 1. The molecular formula is C27H30ClN5O2. The summed E-state index contributed by atoms with van der Waals surface area (Å²) in [5.41, 5.74) is 8.71. The van der Waals surface area contributed by atoms with Crippen LogP contribution < -0.4 is 21.5 Å². The van der Waals surface area contributed by atoms with Crippen molar-refractivity contribution >= 4 is 39.7 Å². The number of carbonyl (C=O) groups excluding carboxylic acids is 1. The third-order valence-corrected chi connectivity index (χ3v) is 7.75. The van der Waals surface area contributed by atoms with Gasteiger partial charge in [-0.3, -0.25) is 14.2 Å². The zero-order valence-electron chi connectivity index (χ0n) is 20.6. The molecular weight excluding hydrogens is 462 g/mol. The van der Waals surface area contributed by atoms with E-state index >= 15 is 0 Å². The number of hydrogen-bond donors (Lipinski definition) is 2. The molecule has 1 heterocycles. The summed E-state index contributed by atoms with van der Waals surface area (Å²) in [5, 5.41) is 4.53. The third-order valence-electron chi connectivity index (χ3n) is 7.53. The standard InChI is InChI=1S/C27H30ClN5O2/c1-15(29)10-22(34)26-13-27(26,14-26)25-31-23-18(11-17(28)12-19(23)24(35)33(25)5)16(2)30-20-8-6-7-9-21(20)32(3)4/h6-12,16,30H,13-14,29H2,1-5H3/b15-10-/t16-,26?,27?/m1/s1. The van der Waals surface area contributed by atoms with Gasteiger partial charge >= 0.3 is 0 Å². The van der Waals surface area contributed by atoms with E-state index in [2.05, 4.69) is 5.32 Å². The van der Waals surface area contributed by atoms with Gasteiger partial charge in [-0.05, 0) is 51.0 Å². The van der Waals surface area contributed by atoms with E-state index in [4.69, 9.17) is 22.3 Å². The summed E-state index contributed by atoms with van der Waals surface area (Å²) in [6, 6.07) is 11.4. The minimum Gasteiger partial charge on any atom is -0.402 e. The first kappa shape index (κ1) is 23.4. The molecule has 2 saturated carbocycles. The lowest BCUT2D eigenvalue weighted by atomic mass is 10.0. The average molecular weight is 492 g/mol. The van der Waals surface area contributed by atoms with Gasteiger partial charge in [-0.1, -0.05) is 23.7 Å². The molecule has 8 heteroatoms. The molecule has 0 spiro atoms. The number of fused-ring (bicyclic) bond motifs is 2. The summed E-state index contributed by atoms with van der Waals surface area (Å²) in [4.78, 5) is 33.3. The van der Waals surface area contributed by atoms with Crippen molar-refractivity contribution in [3.8, 4) is 0 Å². The monoisotopic (exact) mass is 491 g/mol. The highest BCUT2D eigenvalue weighted by Gasteiger charge is 2.88. The van der Waals surface area contributed by atoms with Crippen LogP contribution in [0, 0.1) is 5.41 Å². The first-order chi connectivity index (χ1) is 16.5. The van der Waals surface area contributed by atoms with Crippen molar-refractivity contribution in [2.45, 2.75) is 38.1 Å². The summed E-state index contributed by atoms with van der Waals surface area (Å²) in [7, 11) is 5.72. The van der Waals surface area contributed by atoms with Crippen LogP contribution in [0.2, 0.25) is 5.02 Å². The van der Waals surface area contributed by atoms with Crippen molar-refractivity contribution in [3.05, 3.63) is 74.9 Å². The number of aromatic nitrogens is 2. The zero-order chi connectivity index (χ0) is 25.3. The SMILES string of the molecule is C/C(N)=C/C(=O)C12CC1(c1nc3c([C@@H](C)Nc4ccccc4N(C)C)cc(Cl)cc3c(=O)n1C)C2. The largest absolute Gasteiger partial charge is 0.402 e. The molecule has 5 rings (SSSR count). The predicted octanol–water partition coefficient (Wildman–Crippen LogP) is 4.29. The molecule has 0 unspecified atom stereocenters. The second-order valence-electron chi connectivity index (χ2n) is 10.2. The summed E-state index contributed by atoms with van der Waals surface area (Å²) < 4.78 is 1.59. The number of carbonyl (C=O) groups is 1. The molecule has 0 bridgehead atoms. The van der Waals surface area contributed by atoms with E-state index in [0.717, 1.165) is 16.9 Å². The van der Waals surface area contributed by atoms with Crippen LogP contribution in [-0.4, -0.2) is 29.4 Å². The van der Waals surface area contributed by atoms with Crippen LogP contribution in [0.25, 0.3) is 10.9 Å². The second-order valence-corrected chi connectivity index (χ2v) is 10.7. The van der Waals surface area contributed by atoms with Crippen molar-refractivity contribution in [1.29, 1.82) is 0 Å². The number of benzene rings is 2. The summed E-state index contributed by atoms with van der Waals surface area (Å²) in [5.74, 6) is 0.689. The van der Waals surface area contributed by atoms with Crippen molar-refractivity contribution in [1.82, 2.24) is 9.55 Å². The molecule has 2 fully saturated rings. The molecule has 0 amide bonds. The van der Waals surface area contributed by atoms with Gasteiger partial charge in [-0.2, -0.15) is 0 Å². The van der Waals surface area contributed by atoms with Gasteiger partial charge in [0.05, 0.1) is 28.3 Å². The Bertz CT molecular complexity index is 1460. The minimum atomic E-state index is -0.473. The number of nitrogens with zero attached hydrogens (tertiary/aromatic N) is 3. The Hall–Kier alpha value is -3.32. The van der Waals surface area contributed by atoms with Gasteiger partial charge in [0.1, 0.15) is 5.82 Å². The van der Waals surface area contributed by atoms with Gasteiger partial charge < -0.3 is 16.0 Å². The quantitative estimate of drug-likeness (QED) is 0.479. The first-order valence-electron chi connectivity index (χ1n) is 11.7. The molecule has 182 valence electrons. The molecule has 0 aliphatic heterocycles. The molecule has 3 N–H and O–H groups in total. The molecule has 1 atom stereocenters. The van der Waals surface area contributed by atoms with E-state index < -0.39 is 5.41 Å². The topological polar surface area (TPSA) is 93.2 Å². The molecule has 2 aromatic carbocycles. The number of allylic oxidation sites excluding steroid dienone is 2. The Kier molecular flexibility index (Phi) is 5.25. The average Bonchev–Trinajstić information content (AvgIpc) is 3.64. The number of rotatable bonds is 7. The highest BCUT2D eigenvalue weighted by molar-refractivity contribution is 6.31. The molecule has 2 aliphatic carbocycles. The molecule has 3 aromatic rings. The Labute approximate surface area is 209 Å². The highest BCUT2D eigenvalue weighted by Crippen LogP contribution is 2.85. The molecule has 35 heavy (non-hydrogen) atoms. The van der Waals surface area contributed by atoms with Crippen molar-refractivity contribution in [2.24, 2.45) is 18.2 Å². The van der Waals surface area contributed by atoms with Gasteiger partial charge in [0.25, 0.3) is 5.56 Å². The summed E-state index contributed by atoms with van der Waals surface area (Å²) >= 11 is 6.46. The lowest BCUT2D eigenvalue weighted by Crippen LogP contribution is -2.26. The number of hydrogen-bond acceptors (Lipinski definition) is 6. The lowest BCUT2D eigenvalue weighted by molar-refractivity contribution is -0.117. The van der Waals surface area contributed by atoms with Crippen molar-refractivity contribution < 1.29 is 4.79 Å². The maximum Gasteiger partial charge on any atom is 0.261 e. The lowest BCUT2D eigenvalue weighted by Gasteiger charge is -2.23. The van der Waals surface area contributed by atoms with E-state index in [1.165, 1.54) is 6.08 Å². The Morgan fingerprint density at radius 1 is 1.29 bits per heavy atom. The number of para-hydroxylation sites is 2. The Morgan fingerprint density at radius 3 is 2.63 bits per heavy atom. The Balaban J connectivity index is 1.60. The fraction of sp³-hybridized carbons (Fsp3) is 0.370. The maximum absolute atomic E-state index is 13.4. The van der Waals surface area contributed by atoms with Gasteiger partial charge in [-0.15, -0.1) is 0 Å². The number of halogens is 1. The van der Waals surface area contributed by atoms with Crippen LogP contribution in [-0.2, 0) is 17.3 Å². The predicted molar refractivity (Wildman–Crippen MR) is 141 cm³/mol. The van der Waals surface area contributed by atoms with E-state index in [9.17, 15) is 9.59 Å². The fourth-order valence-corrected chi connectivity index (χ4v) is 5.66. The molecule has 7 nitrogen and oxygen atoms in total. The van der Waals surface area contributed by atoms with E-state index in [1.807, 2.05) is 56.3 Å². The van der Waals surface area contributed by atoms with Crippen LogP contribution in [0.4, 0.5) is 11.4 Å². The van der Waals surface area contributed by atoms with Crippen LogP contribution in [0.15, 0.2) is 53.0 Å². The third kappa shape index (κ3) is 3.52. The van der Waals surface area contributed by atoms with E-state index in [1.54, 1.807) is 24.6 Å². The number of ketones is 1. The molecule has 2 aliphatic rings. The normalized spacial score (nSPS) is 23.5. The van der Waals surface area contributed by atoms with Crippen LogP contribution in [0.3, 0.4) is 0 Å². The number of anilines is 2. The first-order valence-corrected chi connectivity index (χ1v) is 12.1. The smallest absolute Gasteiger partial charge is 0.261 e. The van der Waals surface area contributed by atoms with E-state index in [-0.39, 0.29) is 22.8 Å². The van der Waals surface area contributed by atoms with E-state index in [0.29, 0.717) is 40.3 Å². The van der Waals surface area contributed by atoms with Gasteiger partial charge in [0.2, 0.25) is 0 Å². The summed E-state index contributed by atoms with van der Waals surface area (Å²) in [6.07, 6.45) is 2.90. The summed E-state index contributed by atoms with van der Waals surface area (Å²) in [6.45, 7) is 3.75. The maximum atomic E-state index is 13.4. The molecule has 0 saturated heterocycles. The highest BCUT2D eigenvalue weighted by atomic mass is 35.5. The minimum absolute atomic E-state index is 0.0264. The zero-order valence-corrected chi connectivity index (χ0v) is 21.4. The van der Waals surface area contributed by atoms with Crippen LogP contribution >= 0.6 is 11.6 Å². The molecule has 1 aromatic heterocycles. The van der Waals surface area contributed by atoms with Crippen molar-refractivity contribution in [3.63, 3.8) is 0 Å². The Morgan fingerprint density at radius 2 is 1.97 bits per heavy atom. The van der Waals surface area contributed by atoms with Gasteiger partial charge in [-0.25, -0.2) is 4.98 Å². The number of nitrogens with two attached hydrogens (primary N) is 1. The van der Waals surface area contributed by atoms with Gasteiger partial charge in [0.15, 0.2) is 5.78 Å². The molecule has 0 radical (unpaired) electrons. The van der Waals surface area contributed by atoms with Crippen molar-refractivity contribution in [2.75, 3.05) is 24.3 Å². The van der Waals surface area contributed by atoms with Gasteiger partial charge in [0, 0.05) is 54.3 Å². The second kappa shape index (κ2) is 7.85. The van der Waals surface area contributed by atoms with Crippen LogP contribution in [0.5, 0.6) is 0 Å². The fourth-order valence-electron chi connectivity index (χ4n) is 5.44. The van der Waals surface area contributed by atoms with Crippen LogP contribution in [0.1, 0.15) is 44.1 Å².